The van der Waals surface area contributed by atoms with Gasteiger partial charge in [-0.05, 0) is 36.8 Å². The highest BCUT2D eigenvalue weighted by molar-refractivity contribution is 9.10. The number of benzene rings is 2. The first-order valence-electron chi connectivity index (χ1n) is 6.96. The lowest BCUT2D eigenvalue weighted by atomic mass is 10.2. The molecule has 0 saturated carbocycles. The average molecular weight is 392 g/mol. The van der Waals surface area contributed by atoms with E-state index in [4.69, 9.17) is 0 Å². The molecule has 2 aromatic carbocycles. The van der Waals surface area contributed by atoms with Gasteiger partial charge in [0.1, 0.15) is 11.6 Å². The second-order valence-electron chi connectivity index (χ2n) is 5.00. The Kier molecular flexibility index (Phi) is 4.66. The monoisotopic (exact) mass is 391 g/mol. The molecular formula is C16H12BrF2N5. The van der Waals surface area contributed by atoms with Gasteiger partial charge in [0.25, 0.3) is 0 Å². The maximum atomic E-state index is 13.7. The molecule has 0 amide bonds. The van der Waals surface area contributed by atoms with Crippen LogP contribution in [0, 0.1) is 18.6 Å². The van der Waals surface area contributed by atoms with E-state index in [-0.39, 0.29) is 17.5 Å². The van der Waals surface area contributed by atoms with Crippen molar-refractivity contribution in [1.82, 2.24) is 15.2 Å². The lowest BCUT2D eigenvalue weighted by Crippen LogP contribution is -2.03. The maximum Gasteiger partial charge on any atom is 0.249 e. The molecule has 3 aromatic rings. The van der Waals surface area contributed by atoms with Crippen molar-refractivity contribution in [3.8, 4) is 0 Å². The summed E-state index contributed by atoms with van der Waals surface area (Å²) in [5.74, 6) is -0.834. The Balaban J connectivity index is 1.79. The van der Waals surface area contributed by atoms with Crippen LogP contribution in [0.3, 0.4) is 0 Å². The number of aryl methyl sites for hydroxylation is 1. The second-order valence-corrected chi connectivity index (χ2v) is 5.86. The summed E-state index contributed by atoms with van der Waals surface area (Å²) in [7, 11) is 0. The average Bonchev–Trinajstić information content (AvgIpc) is 2.54. The summed E-state index contributed by atoms with van der Waals surface area (Å²) in [5.41, 5.74) is 1.97. The predicted octanol–water partition coefficient (Wildman–Crippen LogP) is 4.71. The molecule has 0 radical (unpaired) electrons. The molecule has 1 heterocycles. The van der Waals surface area contributed by atoms with Gasteiger partial charge in [-0.15, -0.1) is 5.10 Å². The van der Waals surface area contributed by atoms with Gasteiger partial charge in [-0.1, -0.05) is 22.0 Å². The number of hydrogen-bond donors (Lipinski definition) is 2. The van der Waals surface area contributed by atoms with Gasteiger partial charge >= 0.3 is 0 Å². The number of halogens is 3. The normalized spacial score (nSPS) is 10.5. The molecule has 0 aliphatic carbocycles. The van der Waals surface area contributed by atoms with Crippen molar-refractivity contribution < 1.29 is 8.78 Å². The van der Waals surface area contributed by atoms with Crippen LogP contribution in [0.2, 0.25) is 0 Å². The Morgan fingerprint density at radius 2 is 1.88 bits per heavy atom. The number of rotatable bonds is 4. The summed E-state index contributed by atoms with van der Waals surface area (Å²) in [5, 5.41) is 13.5. The Hall–Kier alpha value is -2.61. The quantitative estimate of drug-likeness (QED) is 0.674. The number of hydrogen-bond acceptors (Lipinski definition) is 5. The zero-order valence-electron chi connectivity index (χ0n) is 12.5. The fourth-order valence-electron chi connectivity index (χ4n) is 1.95. The Labute approximate surface area is 145 Å². The summed E-state index contributed by atoms with van der Waals surface area (Å²) in [6.07, 6.45) is 1.35. The molecule has 0 spiro atoms. The van der Waals surface area contributed by atoms with E-state index >= 15 is 0 Å². The Bertz CT molecular complexity index is 888. The van der Waals surface area contributed by atoms with Gasteiger partial charge in [-0.3, -0.25) is 0 Å². The van der Waals surface area contributed by atoms with Gasteiger partial charge in [0, 0.05) is 16.2 Å². The van der Waals surface area contributed by atoms with Crippen LogP contribution in [0.25, 0.3) is 0 Å². The molecule has 0 unspecified atom stereocenters. The summed E-state index contributed by atoms with van der Waals surface area (Å²) >= 11 is 3.45. The molecule has 0 bridgehead atoms. The highest BCUT2D eigenvalue weighted by Crippen LogP contribution is 2.23. The number of nitrogens with one attached hydrogen (secondary N) is 2. The number of aromatic nitrogens is 3. The summed E-state index contributed by atoms with van der Waals surface area (Å²) in [6, 6.07) is 8.94. The van der Waals surface area contributed by atoms with Crippen LogP contribution < -0.4 is 10.6 Å². The van der Waals surface area contributed by atoms with Gasteiger partial charge in [-0.2, -0.15) is 10.1 Å². The number of anilines is 4. The van der Waals surface area contributed by atoms with Crippen molar-refractivity contribution in [3.05, 3.63) is 64.3 Å². The molecular weight excluding hydrogens is 380 g/mol. The van der Waals surface area contributed by atoms with E-state index in [0.29, 0.717) is 0 Å². The Morgan fingerprint density at radius 3 is 2.62 bits per heavy atom. The lowest BCUT2D eigenvalue weighted by molar-refractivity contribution is 0.586. The molecule has 0 atom stereocenters. The van der Waals surface area contributed by atoms with Gasteiger partial charge in [0.05, 0.1) is 11.9 Å². The van der Waals surface area contributed by atoms with Crippen molar-refractivity contribution in [2.24, 2.45) is 0 Å². The molecule has 0 aliphatic heterocycles. The number of nitrogens with zero attached hydrogens (tertiary/aromatic N) is 3. The minimum absolute atomic E-state index is 0.0981. The van der Waals surface area contributed by atoms with Crippen molar-refractivity contribution in [2.75, 3.05) is 10.6 Å². The van der Waals surface area contributed by atoms with Crippen LogP contribution in [0.5, 0.6) is 0 Å². The molecule has 0 saturated heterocycles. The molecule has 122 valence electrons. The molecule has 2 N–H and O–H groups in total. The van der Waals surface area contributed by atoms with E-state index < -0.39 is 11.6 Å². The van der Waals surface area contributed by atoms with Gasteiger partial charge in [0.2, 0.25) is 5.95 Å². The van der Waals surface area contributed by atoms with E-state index in [1.807, 2.05) is 25.1 Å². The van der Waals surface area contributed by atoms with E-state index in [2.05, 4.69) is 41.7 Å². The molecule has 8 heteroatoms. The fourth-order valence-corrected chi connectivity index (χ4v) is 2.32. The minimum atomic E-state index is -0.717. The topological polar surface area (TPSA) is 62.7 Å². The van der Waals surface area contributed by atoms with Crippen molar-refractivity contribution in [3.63, 3.8) is 0 Å². The third-order valence-electron chi connectivity index (χ3n) is 3.18. The van der Waals surface area contributed by atoms with Gasteiger partial charge < -0.3 is 10.6 Å². The summed E-state index contributed by atoms with van der Waals surface area (Å²) < 4.78 is 27.6. The fraction of sp³-hybridized carbons (Fsp3) is 0.0625. The zero-order chi connectivity index (χ0) is 17.1. The first-order chi connectivity index (χ1) is 11.5. The van der Waals surface area contributed by atoms with Crippen LogP contribution >= 0.6 is 15.9 Å². The SMILES string of the molecule is Cc1ccc(Nc2nncc(Nc3ccc(F)cc3F)n2)cc1Br. The second kappa shape index (κ2) is 6.88. The molecule has 0 aliphatic rings. The molecule has 3 rings (SSSR count). The molecule has 0 fully saturated rings. The van der Waals surface area contributed by atoms with E-state index in [1.54, 1.807) is 0 Å². The third kappa shape index (κ3) is 3.83. The van der Waals surface area contributed by atoms with Gasteiger partial charge in [-0.25, -0.2) is 8.78 Å². The van der Waals surface area contributed by atoms with Crippen LogP contribution in [-0.2, 0) is 0 Å². The summed E-state index contributed by atoms with van der Waals surface area (Å²) in [6.45, 7) is 1.98. The summed E-state index contributed by atoms with van der Waals surface area (Å²) in [4.78, 5) is 4.21. The van der Waals surface area contributed by atoms with Gasteiger partial charge in [0.15, 0.2) is 5.82 Å². The van der Waals surface area contributed by atoms with Crippen molar-refractivity contribution >= 4 is 39.1 Å². The molecule has 24 heavy (non-hydrogen) atoms. The third-order valence-corrected chi connectivity index (χ3v) is 4.04. The van der Waals surface area contributed by atoms with E-state index in [9.17, 15) is 8.78 Å². The smallest absolute Gasteiger partial charge is 0.249 e. The zero-order valence-corrected chi connectivity index (χ0v) is 14.1. The van der Waals surface area contributed by atoms with Crippen molar-refractivity contribution in [1.29, 1.82) is 0 Å². The van der Waals surface area contributed by atoms with Crippen molar-refractivity contribution in [2.45, 2.75) is 6.92 Å². The van der Waals surface area contributed by atoms with E-state index in [0.717, 1.165) is 27.9 Å². The molecule has 1 aromatic heterocycles. The Morgan fingerprint density at radius 1 is 1.04 bits per heavy atom. The highest BCUT2D eigenvalue weighted by atomic mass is 79.9. The predicted molar refractivity (Wildman–Crippen MR) is 91.6 cm³/mol. The lowest BCUT2D eigenvalue weighted by Gasteiger charge is -2.09. The first-order valence-corrected chi connectivity index (χ1v) is 7.75. The largest absolute Gasteiger partial charge is 0.336 e. The van der Waals surface area contributed by atoms with Crippen LogP contribution in [-0.4, -0.2) is 15.2 Å². The highest BCUT2D eigenvalue weighted by Gasteiger charge is 2.07. The molecule has 5 nitrogen and oxygen atoms in total. The minimum Gasteiger partial charge on any atom is -0.336 e. The first kappa shape index (κ1) is 16.3. The maximum absolute atomic E-state index is 13.7. The van der Waals surface area contributed by atoms with Crippen LogP contribution in [0.15, 0.2) is 47.1 Å². The standard InChI is InChI=1S/C16H12BrF2N5/c1-9-2-4-11(7-12(9)17)21-16-23-15(8-20-24-16)22-14-5-3-10(18)6-13(14)19/h2-8H,1H3,(H2,21,22,23,24). The van der Waals surface area contributed by atoms with Crippen LogP contribution in [0.1, 0.15) is 5.56 Å². The van der Waals surface area contributed by atoms with E-state index in [1.165, 1.54) is 12.3 Å². The van der Waals surface area contributed by atoms with Crippen LogP contribution in [0.4, 0.5) is 31.9 Å².